The summed E-state index contributed by atoms with van der Waals surface area (Å²) in [7, 11) is 0. The Kier molecular flexibility index (Phi) is 10.0. The van der Waals surface area contributed by atoms with Crippen LogP contribution in [0.1, 0.15) is 28.6 Å². The average Bonchev–Trinajstić information content (AvgIpc) is 3.29. The fourth-order valence-corrected chi connectivity index (χ4v) is 2.82. The number of carbonyl (C=O) groups excluding carboxylic acids is 1. The van der Waals surface area contributed by atoms with Crippen molar-refractivity contribution in [1.82, 2.24) is 10.6 Å². The molecule has 0 radical (unpaired) electrons. The summed E-state index contributed by atoms with van der Waals surface area (Å²) in [6.45, 7) is 3.76. The first-order chi connectivity index (χ1) is 14.7. The average molecular weight is 536 g/mol. The van der Waals surface area contributed by atoms with Gasteiger partial charge in [-0.3, -0.25) is 4.79 Å². The molecule has 3 N–H and O–H groups in total. The van der Waals surface area contributed by atoms with Crippen molar-refractivity contribution < 1.29 is 13.6 Å². The molecule has 0 bridgehead atoms. The molecule has 0 aliphatic carbocycles. The van der Waals surface area contributed by atoms with Gasteiger partial charge in [-0.15, -0.1) is 24.0 Å². The maximum atomic E-state index is 13.7. The van der Waals surface area contributed by atoms with Crippen LogP contribution in [0.5, 0.6) is 0 Å². The van der Waals surface area contributed by atoms with Crippen molar-refractivity contribution in [3.8, 4) is 0 Å². The van der Waals surface area contributed by atoms with Crippen LogP contribution in [-0.2, 0) is 13.0 Å². The highest BCUT2D eigenvalue weighted by atomic mass is 127. The Hall–Kier alpha value is -2.88. The topological polar surface area (TPSA) is 78.7 Å². The van der Waals surface area contributed by atoms with Gasteiger partial charge in [0.2, 0.25) is 0 Å². The van der Waals surface area contributed by atoms with E-state index >= 15 is 0 Å². The summed E-state index contributed by atoms with van der Waals surface area (Å²) in [4.78, 5) is 16.6. The normalized spacial score (nSPS) is 10.8. The monoisotopic (exact) mass is 536 g/mol. The minimum absolute atomic E-state index is 0. The molecule has 8 heteroatoms. The molecule has 0 saturated heterocycles. The van der Waals surface area contributed by atoms with Crippen molar-refractivity contribution in [3.63, 3.8) is 0 Å². The zero-order valence-corrected chi connectivity index (χ0v) is 19.6. The molecule has 0 fully saturated rings. The van der Waals surface area contributed by atoms with E-state index in [2.05, 4.69) is 20.9 Å². The van der Waals surface area contributed by atoms with Gasteiger partial charge in [0.15, 0.2) is 11.7 Å². The quantitative estimate of drug-likeness (QED) is 0.224. The number of guanidine groups is 1. The lowest BCUT2D eigenvalue weighted by Gasteiger charge is -2.12. The Morgan fingerprint density at radius 2 is 1.81 bits per heavy atom. The number of rotatable bonds is 8. The second-order valence-electron chi connectivity index (χ2n) is 6.59. The molecule has 31 heavy (non-hydrogen) atoms. The fourth-order valence-electron chi connectivity index (χ4n) is 2.82. The minimum atomic E-state index is -0.292. The predicted octanol–water partition coefficient (Wildman–Crippen LogP) is 4.59. The number of hydrogen-bond acceptors (Lipinski definition) is 3. The van der Waals surface area contributed by atoms with Crippen molar-refractivity contribution in [2.45, 2.75) is 19.9 Å². The molecule has 1 aromatic heterocycles. The molecule has 3 aromatic rings. The summed E-state index contributed by atoms with van der Waals surface area (Å²) in [6, 6.07) is 17.5. The maximum Gasteiger partial charge on any atom is 0.291 e. The Morgan fingerprint density at radius 3 is 2.48 bits per heavy atom. The number of halogens is 2. The van der Waals surface area contributed by atoms with Gasteiger partial charge in [-0.1, -0.05) is 30.3 Å². The van der Waals surface area contributed by atoms with E-state index < -0.39 is 0 Å². The molecule has 164 valence electrons. The molecule has 0 aliphatic rings. The van der Waals surface area contributed by atoms with Crippen LogP contribution in [0.4, 0.5) is 10.1 Å². The molecule has 3 rings (SSSR count). The molecule has 6 nitrogen and oxygen atoms in total. The zero-order chi connectivity index (χ0) is 21.2. The highest BCUT2D eigenvalue weighted by Crippen LogP contribution is 2.12. The summed E-state index contributed by atoms with van der Waals surface area (Å²) in [5.74, 6) is 0.448. The second-order valence-corrected chi connectivity index (χ2v) is 6.59. The molecule has 0 saturated carbocycles. The first kappa shape index (κ1) is 24.4. The minimum Gasteiger partial charge on any atom is -0.459 e. The molecule has 0 spiro atoms. The number of aliphatic imine (C=N–C) groups is 1. The van der Waals surface area contributed by atoms with Crippen LogP contribution in [0, 0.1) is 5.82 Å². The predicted molar refractivity (Wildman–Crippen MR) is 131 cm³/mol. The Bertz CT molecular complexity index is 976. The lowest BCUT2D eigenvalue weighted by atomic mass is 10.1. The van der Waals surface area contributed by atoms with Crippen LogP contribution in [0.2, 0.25) is 0 Å². The van der Waals surface area contributed by atoms with E-state index in [1.54, 1.807) is 24.3 Å². The number of furan rings is 1. The van der Waals surface area contributed by atoms with Crippen molar-refractivity contribution >= 4 is 41.5 Å². The van der Waals surface area contributed by atoms with Gasteiger partial charge in [0.25, 0.3) is 5.91 Å². The lowest BCUT2D eigenvalue weighted by Crippen LogP contribution is -2.38. The van der Waals surface area contributed by atoms with Crippen molar-refractivity contribution in [3.05, 3.63) is 89.6 Å². The number of hydrogen-bond donors (Lipinski definition) is 3. The molecule has 2 aromatic carbocycles. The van der Waals surface area contributed by atoms with E-state index in [4.69, 9.17) is 4.42 Å². The van der Waals surface area contributed by atoms with Crippen LogP contribution in [0.15, 0.2) is 76.3 Å². The summed E-state index contributed by atoms with van der Waals surface area (Å²) < 4.78 is 18.8. The highest BCUT2D eigenvalue weighted by Gasteiger charge is 2.08. The molecule has 1 heterocycles. The van der Waals surface area contributed by atoms with Gasteiger partial charge in [0.1, 0.15) is 5.82 Å². The van der Waals surface area contributed by atoms with E-state index in [1.165, 1.54) is 12.3 Å². The van der Waals surface area contributed by atoms with Gasteiger partial charge in [-0.05, 0) is 54.8 Å². The summed E-state index contributed by atoms with van der Waals surface area (Å²) in [6.07, 6.45) is 2.03. The molecule has 0 atom stereocenters. The second kappa shape index (κ2) is 12.7. The fraction of sp³-hybridized carbons (Fsp3) is 0.217. The molecular formula is C23H26FIN4O2. The summed E-state index contributed by atoms with van der Waals surface area (Å²) in [5.41, 5.74) is 2.35. The lowest BCUT2D eigenvalue weighted by molar-refractivity contribution is 0.0996. The largest absolute Gasteiger partial charge is 0.459 e. The molecular weight excluding hydrogens is 510 g/mol. The van der Waals surface area contributed by atoms with Gasteiger partial charge in [0, 0.05) is 18.8 Å². The third-order valence-electron chi connectivity index (χ3n) is 4.37. The SMILES string of the molecule is CCNC(=NCc1ccc(NC(=O)c2ccco2)cc1)NCCc1ccccc1F.I. The van der Waals surface area contributed by atoms with Crippen LogP contribution in [0.25, 0.3) is 0 Å². The standard InChI is InChI=1S/C23H25FN4O2.HI/c1-2-25-23(26-14-13-18-6-3-4-7-20(18)24)27-16-17-9-11-19(12-10-17)28-22(29)21-8-5-15-30-21;/h3-12,15H,2,13-14,16H2,1H3,(H,28,29)(H2,25,26,27);1H. The van der Waals surface area contributed by atoms with Crippen LogP contribution in [-0.4, -0.2) is 25.0 Å². The van der Waals surface area contributed by atoms with E-state index in [-0.39, 0.29) is 41.5 Å². The summed E-state index contributed by atoms with van der Waals surface area (Å²) in [5, 5.41) is 9.19. The maximum absolute atomic E-state index is 13.7. The number of carbonyl (C=O) groups is 1. The van der Waals surface area contributed by atoms with Crippen molar-refractivity contribution in [2.75, 3.05) is 18.4 Å². The summed E-state index contributed by atoms with van der Waals surface area (Å²) >= 11 is 0. The van der Waals surface area contributed by atoms with Gasteiger partial charge in [-0.25, -0.2) is 9.38 Å². The number of nitrogens with one attached hydrogen (secondary N) is 3. The smallest absolute Gasteiger partial charge is 0.291 e. The van der Waals surface area contributed by atoms with Crippen LogP contribution < -0.4 is 16.0 Å². The Morgan fingerprint density at radius 1 is 1.03 bits per heavy atom. The van der Waals surface area contributed by atoms with Crippen LogP contribution >= 0.6 is 24.0 Å². The molecule has 0 aliphatic heterocycles. The Balaban J connectivity index is 0.00000341. The number of benzene rings is 2. The van der Waals surface area contributed by atoms with E-state index in [0.29, 0.717) is 36.7 Å². The van der Waals surface area contributed by atoms with Gasteiger partial charge >= 0.3 is 0 Å². The third kappa shape index (κ3) is 7.71. The van der Waals surface area contributed by atoms with E-state index in [1.807, 2.05) is 37.3 Å². The van der Waals surface area contributed by atoms with Gasteiger partial charge < -0.3 is 20.4 Å². The molecule has 0 unspecified atom stereocenters. The first-order valence-electron chi connectivity index (χ1n) is 9.85. The first-order valence-corrected chi connectivity index (χ1v) is 9.85. The zero-order valence-electron chi connectivity index (χ0n) is 17.2. The highest BCUT2D eigenvalue weighted by molar-refractivity contribution is 14.0. The third-order valence-corrected chi connectivity index (χ3v) is 4.37. The van der Waals surface area contributed by atoms with E-state index in [0.717, 1.165) is 12.1 Å². The Labute approximate surface area is 198 Å². The van der Waals surface area contributed by atoms with E-state index in [9.17, 15) is 9.18 Å². The van der Waals surface area contributed by atoms with Crippen molar-refractivity contribution in [1.29, 1.82) is 0 Å². The molecule has 1 amide bonds. The van der Waals surface area contributed by atoms with Gasteiger partial charge in [0.05, 0.1) is 12.8 Å². The van der Waals surface area contributed by atoms with Crippen molar-refractivity contribution in [2.24, 2.45) is 4.99 Å². The van der Waals surface area contributed by atoms with Crippen LogP contribution in [0.3, 0.4) is 0 Å². The number of anilines is 1. The van der Waals surface area contributed by atoms with Gasteiger partial charge in [-0.2, -0.15) is 0 Å². The number of amides is 1. The number of nitrogens with zero attached hydrogens (tertiary/aromatic N) is 1.